The van der Waals surface area contributed by atoms with Crippen molar-refractivity contribution in [3.8, 4) is 0 Å². The Morgan fingerprint density at radius 1 is 1.47 bits per heavy atom. The van der Waals surface area contributed by atoms with Gasteiger partial charge in [0.25, 0.3) is 0 Å². The summed E-state index contributed by atoms with van der Waals surface area (Å²) in [6.45, 7) is 3.35. The van der Waals surface area contributed by atoms with Crippen molar-refractivity contribution in [1.29, 1.82) is 0 Å². The summed E-state index contributed by atoms with van der Waals surface area (Å²) in [5.41, 5.74) is 0. The van der Waals surface area contributed by atoms with Crippen LogP contribution in [-0.2, 0) is 4.79 Å². The number of aliphatic carboxylic acids is 1. The Kier molecular flexibility index (Phi) is 3.29. The number of nitrogens with zero attached hydrogens (tertiary/aromatic N) is 1. The molecule has 15 heavy (non-hydrogen) atoms. The van der Waals surface area contributed by atoms with Gasteiger partial charge in [0.15, 0.2) is 0 Å². The van der Waals surface area contributed by atoms with E-state index in [2.05, 4.69) is 11.8 Å². The molecule has 2 aliphatic rings. The summed E-state index contributed by atoms with van der Waals surface area (Å²) in [4.78, 5) is 13.2. The summed E-state index contributed by atoms with van der Waals surface area (Å²) in [5, 5.41) is 8.87. The molecule has 3 heteroatoms. The molecule has 1 heterocycles. The number of rotatable bonds is 5. The van der Waals surface area contributed by atoms with Crippen LogP contribution < -0.4 is 0 Å². The van der Waals surface area contributed by atoms with Crippen LogP contribution in [0.25, 0.3) is 0 Å². The quantitative estimate of drug-likeness (QED) is 0.757. The molecule has 1 N–H and O–H groups in total. The number of carboxylic acids is 1. The first-order valence-corrected chi connectivity index (χ1v) is 6.20. The van der Waals surface area contributed by atoms with Gasteiger partial charge in [0.1, 0.15) is 0 Å². The van der Waals surface area contributed by atoms with E-state index in [4.69, 9.17) is 5.11 Å². The molecule has 1 saturated heterocycles. The molecule has 0 bridgehead atoms. The molecule has 2 rings (SSSR count). The van der Waals surface area contributed by atoms with Gasteiger partial charge in [-0.1, -0.05) is 6.92 Å². The van der Waals surface area contributed by atoms with Crippen molar-refractivity contribution in [2.24, 2.45) is 5.92 Å². The lowest BCUT2D eigenvalue weighted by molar-refractivity contribution is -0.138. The second-order valence-corrected chi connectivity index (χ2v) is 4.94. The van der Waals surface area contributed by atoms with Crippen molar-refractivity contribution in [1.82, 2.24) is 4.90 Å². The van der Waals surface area contributed by atoms with Gasteiger partial charge in [-0.3, -0.25) is 9.69 Å². The van der Waals surface area contributed by atoms with Gasteiger partial charge < -0.3 is 5.11 Å². The first kappa shape index (κ1) is 10.9. The first-order valence-electron chi connectivity index (χ1n) is 6.20. The van der Waals surface area contributed by atoms with Crippen molar-refractivity contribution < 1.29 is 9.90 Å². The molecule has 86 valence electrons. The molecule has 2 unspecified atom stereocenters. The Labute approximate surface area is 91.5 Å². The fraction of sp³-hybridized carbons (Fsp3) is 0.917. The average Bonchev–Trinajstić information content (AvgIpc) is 2.91. The van der Waals surface area contributed by atoms with Crippen LogP contribution in [0, 0.1) is 5.92 Å². The zero-order valence-corrected chi connectivity index (χ0v) is 9.48. The number of hydrogen-bond donors (Lipinski definition) is 1. The lowest BCUT2D eigenvalue weighted by atomic mass is 10.0. The van der Waals surface area contributed by atoms with Gasteiger partial charge in [-0.15, -0.1) is 0 Å². The van der Waals surface area contributed by atoms with Crippen molar-refractivity contribution in [3.05, 3.63) is 0 Å². The number of likely N-dealkylation sites (tertiary alicyclic amines) is 1. The van der Waals surface area contributed by atoms with Crippen LogP contribution in [0.15, 0.2) is 0 Å². The minimum atomic E-state index is -0.641. The monoisotopic (exact) mass is 211 g/mol. The summed E-state index contributed by atoms with van der Waals surface area (Å²) in [7, 11) is 0. The molecule has 0 aromatic heterocycles. The highest BCUT2D eigenvalue weighted by Gasteiger charge is 2.39. The van der Waals surface area contributed by atoms with Crippen LogP contribution in [0.4, 0.5) is 0 Å². The van der Waals surface area contributed by atoms with Crippen LogP contribution >= 0.6 is 0 Å². The summed E-state index contributed by atoms with van der Waals surface area (Å²) >= 11 is 0. The van der Waals surface area contributed by atoms with E-state index in [1.165, 1.54) is 25.7 Å². The Morgan fingerprint density at radius 3 is 2.73 bits per heavy atom. The fourth-order valence-electron chi connectivity index (χ4n) is 3.04. The molecule has 2 atom stereocenters. The highest BCUT2D eigenvalue weighted by atomic mass is 16.4. The van der Waals surface area contributed by atoms with Gasteiger partial charge in [0.2, 0.25) is 0 Å². The second-order valence-electron chi connectivity index (χ2n) is 4.94. The van der Waals surface area contributed by atoms with E-state index in [9.17, 15) is 4.79 Å². The minimum absolute atomic E-state index is 0.313. The Balaban J connectivity index is 1.95. The van der Waals surface area contributed by atoms with E-state index in [1.807, 2.05) is 0 Å². The zero-order chi connectivity index (χ0) is 10.8. The topological polar surface area (TPSA) is 40.5 Å². The van der Waals surface area contributed by atoms with Crippen LogP contribution in [0.5, 0.6) is 0 Å². The predicted molar refractivity (Wildman–Crippen MR) is 58.8 cm³/mol. The minimum Gasteiger partial charge on any atom is -0.481 e. The molecule has 0 radical (unpaired) electrons. The van der Waals surface area contributed by atoms with Crippen molar-refractivity contribution >= 4 is 5.97 Å². The second kappa shape index (κ2) is 4.52. The van der Waals surface area contributed by atoms with E-state index in [0.29, 0.717) is 18.5 Å². The van der Waals surface area contributed by atoms with Crippen LogP contribution in [0.2, 0.25) is 0 Å². The Morgan fingerprint density at radius 2 is 2.20 bits per heavy atom. The van der Waals surface area contributed by atoms with Gasteiger partial charge in [0.05, 0.1) is 6.42 Å². The smallest absolute Gasteiger partial charge is 0.304 e. The van der Waals surface area contributed by atoms with Gasteiger partial charge >= 0.3 is 5.97 Å². The van der Waals surface area contributed by atoms with Crippen molar-refractivity contribution in [2.45, 2.75) is 57.5 Å². The Hall–Kier alpha value is -0.570. The van der Waals surface area contributed by atoms with Gasteiger partial charge in [-0.25, -0.2) is 0 Å². The maximum absolute atomic E-state index is 10.8. The van der Waals surface area contributed by atoms with Gasteiger partial charge in [0, 0.05) is 12.1 Å². The van der Waals surface area contributed by atoms with Crippen molar-refractivity contribution in [3.63, 3.8) is 0 Å². The average molecular weight is 211 g/mol. The third-order valence-corrected chi connectivity index (χ3v) is 3.84. The number of carbonyl (C=O) groups is 1. The van der Waals surface area contributed by atoms with E-state index >= 15 is 0 Å². The lowest BCUT2D eigenvalue weighted by Crippen LogP contribution is -2.41. The van der Waals surface area contributed by atoms with E-state index in [0.717, 1.165) is 18.9 Å². The van der Waals surface area contributed by atoms with Gasteiger partial charge in [-0.05, 0) is 44.6 Å². The highest BCUT2D eigenvalue weighted by Crippen LogP contribution is 2.39. The summed E-state index contributed by atoms with van der Waals surface area (Å²) < 4.78 is 0. The third-order valence-electron chi connectivity index (χ3n) is 3.84. The molecule has 1 aliphatic heterocycles. The predicted octanol–water partition coefficient (Wildman–Crippen LogP) is 2.11. The van der Waals surface area contributed by atoms with Crippen LogP contribution in [-0.4, -0.2) is 34.6 Å². The highest BCUT2D eigenvalue weighted by molar-refractivity contribution is 5.67. The molecule has 0 spiro atoms. The first-order chi connectivity index (χ1) is 7.22. The summed E-state index contributed by atoms with van der Waals surface area (Å²) in [6.07, 6.45) is 6.49. The zero-order valence-electron chi connectivity index (χ0n) is 9.48. The normalized spacial score (nSPS) is 29.3. The lowest BCUT2D eigenvalue weighted by Gasteiger charge is -2.32. The number of carboxylic acid groups (broad SMARTS) is 1. The SMILES string of the molecule is CCC(C1CC1)N1CCCC1CC(=O)O. The van der Waals surface area contributed by atoms with Crippen LogP contribution in [0.3, 0.4) is 0 Å². The van der Waals surface area contributed by atoms with Gasteiger partial charge in [-0.2, -0.15) is 0 Å². The molecule has 3 nitrogen and oxygen atoms in total. The largest absolute Gasteiger partial charge is 0.481 e. The summed E-state index contributed by atoms with van der Waals surface area (Å²) in [6, 6.07) is 0.977. The summed E-state index contributed by atoms with van der Waals surface area (Å²) in [5.74, 6) is 0.224. The van der Waals surface area contributed by atoms with Crippen LogP contribution in [0.1, 0.15) is 45.4 Å². The molecule has 0 aromatic rings. The fourth-order valence-corrected chi connectivity index (χ4v) is 3.04. The van der Waals surface area contributed by atoms with E-state index in [1.54, 1.807) is 0 Å². The van der Waals surface area contributed by atoms with Crippen molar-refractivity contribution in [2.75, 3.05) is 6.54 Å². The number of hydrogen-bond acceptors (Lipinski definition) is 2. The maximum Gasteiger partial charge on any atom is 0.304 e. The van der Waals surface area contributed by atoms with E-state index in [-0.39, 0.29) is 0 Å². The molecule has 1 aliphatic carbocycles. The molecule has 0 aromatic carbocycles. The third kappa shape index (κ3) is 2.51. The molecule has 0 amide bonds. The Bertz CT molecular complexity index is 238. The standard InChI is InChI=1S/C12H21NO2/c1-2-11(9-5-6-9)13-7-3-4-10(13)8-12(14)15/h9-11H,2-8H2,1H3,(H,14,15). The maximum atomic E-state index is 10.8. The molecule has 2 fully saturated rings. The van der Waals surface area contributed by atoms with E-state index < -0.39 is 5.97 Å². The molecule has 1 saturated carbocycles. The molecular weight excluding hydrogens is 190 g/mol. The molecular formula is C12H21NO2.